The summed E-state index contributed by atoms with van der Waals surface area (Å²) in [6, 6.07) is 18.1. The van der Waals surface area contributed by atoms with Gasteiger partial charge >= 0.3 is 11.8 Å². The van der Waals surface area contributed by atoms with E-state index in [2.05, 4.69) is 15.7 Å². The van der Waals surface area contributed by atoms with Crippen LogP contribution in [-0.2, 0) is 9.59 Å². The van der Waals surface area contributed by atoms with E-state index in [0.717, 1.165) is 11.8 Å². The molecule has 0 saturated heterocycles. The van der Waals surface area contributed by atoms with E-state index in [1.807, 2.05) is 18.4 Å². The zero-order chi connectivity index (χ0) is 25.7. The van der Waals surface area contributed by atoms with Crippen molar-refractivity contribution in [1.29, 1.82) is 0 Å². The Morgan fingerprint density at radius 2 is 1.75 bits per heavy atom. The highest BCUT2D eigenvalue weighted by atomic mass is 35.5. The van der Waals surface area contributed by atoms with E-state index in [9.17, 15) is 19.2 Å². The zero-order valence-corrected chi connectivity index (χ0v) is 19.6. The zero-order valence-electron chi connectivity index (χ0n) is 18.9. The molecule has 0 fully saturated rings. The van der Waals surface area contributed by atoms with Crippen molar-refractivity contribution in [3.63, 3.8) is 0 Å². The molecule has 0 saturated carbocycles. The van der Waals surface area contributed by atoms with Gasteiger partial charge in [-0.15, -0.1) is 0 Å². The van der Waals surface area contributed by atoms with Crippen LogP contribution in [0.15, 0.2) is 87.3 Å². The Labute approximate surface area is 209 Å². The lowest BCUT2D eigenvalue weighted by Crippen LogP contribution is -2.33. The molecule has 3 aromatic carbocycles. The molecule has 1 heterocycles. The average Bonchev–Trinajstić information content (AvgIpc) is 2.86. The minimum atomic E-state index is -1.10. The second-order valence-electron chi connectivity index (χ2n) is 7.68. The highest BCUT2D eigenvalue weighted by molar-refractivity contribution is 6.40. The summed E-state index contributed by atoms with van der Waals surface area (Å²) >= 11 is 5.93. The van der Waals surface area contributed by atoms with Crippen molar-refractivity contribution in [3.05, 3.63) is 105 Å². The summed E-state index contributed by atoms with van der Waals surface area (Å²) < 4.78 is 5.37. The van der Waals surface area contributed by atoms with Crippen LogP contribution in [-0.4, -0.2) is 23.9 Å². The summed E-state index contributed by atoms with van der Waals surface area (Å²) in [7, 11) is 0. The Bertz CT molecular complexity index is 1580. The molecule has 10 heteroatoms. The van der Waals surface area contributed by atoms with Crippen molar-refractivity contribution >= 4 is 57.9 Å². The molecule has 0 unspecified atom stereocenters. The minimum absolute atomic E-state index is 0.0450. The third-order valence-corrected chi connectivity index (χ3v) is 5.27. The molecule has 3 amide bonds. The third-order valence-electron chi connectivity index (χ3n) is 5.03. The molecule has 4 rings (SSSR count). The van der Waals surface area contributed by atoms with Gasteiger partial charge in [0.1, 0.15) is 11.8 Å². The third kappa shape index (κ3) is 5.65. The van der Waals surface area contributed by atoms with Crippen molar-refractivity contribution in [2.45, 2.75) is 6.92 Å². The topological polar surface area (TPSA) is 130 Å². The second-order valence-corrected chi connectivity index (χ2v) is 8.12. The van der Waals surface area contributed by atoms with Crippen molar-refractivity contribution in [3.8, 4) is 0 Å². The van der Waals surface area contributed by atoms with E-state index in [4.69, 9.17) is 16.0 Å². The molecule has 0 aliphatic carbocycles. The summed E-state index contributed by atoms with van der Waals surface area (Å²) in [6.07, 6.45) is 2.23. The summed E-state index contributed by atoms with van der Waals surface area (Å²) in [5.41, 5.74) is 3.89. The van der Waals surface area contributed by atoms with Crippen LogP contribution >= 0.6 is 11.6 Å². The number of rotatable bonds is 5. The molecule has 0 spiro atoms. The van der Waals surface area contributed by atoms with Gasteiger partial charge in [0.25, 0.3) is 5.91 Å². The van der Waals surface area contributed by atoms with Gasteiger partial charge in [-0.25, -0.2) is 5.43 Å². The molecule has 0 radical (unpaired) electrons. The molecule has 36 heavy (non-hydrogen) atoms. The maximum atomic E-state index is 12.7. The number of fused-ring (bicyclic) bond motifs is 1. The van der Waals surface area contributed by atoms with E-state index in [1.165, 1.54) is 24.5 Å². The first kappa shape index (κ1) is 24.4. The maximum absolute atomic E-state index is 12.7. The summed E-state index contributed by atoms with van der Waals surface area (Å²) in [4.78, 5) is 49.9. The fourth-order valence-corrected chi connectivity index (χ4v) is 3.48. The lowest BCUT2D eigenvalue weighted by Gasteiger charge is -2.11. The number of nitrogens with one attached hydrogen (secondary N) is 3. The number of hydrogen-bond donors (Lipinski definition) is 3. The van der Waals surface area contributed by atoms with E-state index in [-0.39, 0.29) is 22.2 Å². The van der Waals surface area contributed by atoms with Crippen LogP contribution in [0.3, 0.4) is 0 Å². The Morgan fingerprint density at radius 3 is 2.56 bits per heavy atom. The maximum Gasteiger partial charge on any atom is 0.329 e. The standard InChI is InChI=1S/C26H19ClN4O5/c1-15-5-4-6-18(11-15)29-24(33)19-7-2-3-8-21(19)30-25(34)26(35)31-28-13-16-14-36-22-10-9-17(27)12-20(22)23(16)32/h2-14H,1H3,(H,29,33)(H,30,34)(H,31,35)/b28-13+. The van der Waals surface area contributed by atoms with E-state index >= 15 is 0 Å². The number of carbonyl (C=O) groups is 3. The molecule has 9 nitrogen and oxygen atoms in total. The Kier molecular flexibility index (Phi) is 7.22. The highest BCUT2D eigenvalue weighted by Crippen LogP contribution is 2.19. The SMILES string of the molecule is Cc1cccc(NC(=O)c2ccccc2NC(=O)C(=O)N/N=C/c2coc3ccc(Cl)cc3c2=O)c1. The van der Waals surface area contributed by atoms with Gasteiger partial charge in [0, 0.05) is 10.7 Å². The van der Waals surface area contributed by atoms with Gasteiger partial charge in [-0.05, 0) is 55.0 Å². The van der Waals surface area contributed by atoms with Crippen LogP contribution in [0.1, 0.15) is 21.5 Å². The largest absolute Gasteiger partial charge is 0.463 e. The van der Waals surface area contributed by atoms with Crippen molar-refractivity contribution < 1.29 is 18.8 Å². The molecule has 3 N–H and O–H groups in total. The summed E-state index contributed by atoms with van der Waals surface area (Å²) in [6.45, 7) is 1.90. The number of anilines is 2. The van der Waals surface area contributed by atoms with Gasteiger partial charge in [0.05, 0.1) is 28.4 Å². The molecular formula is C26H19ClN4O5. The molecule has 0 aliphatic rings. The monoisotopic (exact) mass is 502 g/mol. The summed E-state index contributed by atoms with van der Waals surface area (Å²) in [5, 5.41) is 9.42. The van der Waals surface area contributed by atoms with Crippen LogP contribution in [0.5, 0.6) is 0 Å². The number of halogens is 1. The molecule has 1 aromatic heterocycles. The van der Waals surface area contributed by atoms with Crippen molar-refractivity contribution in [2.75, 3.05) is 10.6 Å². The minimum Gasteiger partial charge on any atom is -0.463 e. The lowest BCUT2D eigenvalue weighted by molar-refractivity contribution is -0.136. The molecule has 0 atom stereocenters. The Morgan fingerprint density at radius 1 is 0.944 bits per heavy atom. The summed E-state index contributed by atoms with van der Waals surface area (Å²) in [5.74, 6) is -2.62. The number of carbonyl (C=O) groups excluding carboxylic acids is 3. The lowest BCUT2D eigenvalue weighted by atomic mass is 10.1. The first-order valence-electron chi connectivity index (χ1n) is 10.6. The molecule has 4 aromatic rings. The van der Waals surface area contributed by atoms with Gasteiger partial charge in [0.15, 0.2) is 0 Å². The normalized spacial score (nSPS) is 10.8. The number of hydrogen-bond acceptors (Lipinski definition) is 6. The van der Waals surface area contributed by atoms with Crippen molar-refractivity contribution in [1.82, 2.24) is 5.43 Å². The smallest absolute Gasteiger partial charge is 0.329 e. The van der Waals surface area contributed by atoms with Gasteiger partial charge in [-0.2, -0.15) is 5.10 Å². The fourth-order valence-electron chi connectivity index (χ4n) is 3.31. The number of amides is 3. The predicted octanol–water partition coefficient (Wildman–Crippen LogP) is 4.10. The van der Waals surface area contributed by atoms with Gasteiger partial charge in [0.2, 0.25) is 5.43 Å². The van der Waals surface area contributed by atoms with Gasteiger partial charge < -0.3 is 15.1 Å². The van der Waals surface area contributed by atoms with E-state index in [0.29, 0.717) is 16.3 Å². The van der Waals surface area contributed by atoms with E-state index < -0.39 is 23.2 Å². The number of para-hydroxylation sites is 1. The Hall–Kier alpha value is -4.76. The highest BCUT2D eigenvalue weighted by Gasteiger charge is 2.18. The van der Waals surface area contributed by atoms with Crippen LogP contribution in [0, 0.1) is 6.92 Å². The number of benzene rings is 3. The molecule has 0 aliphatic heterocycles. The fraction of sp³-hybridized carbons (Fsp3) is 0.0385. The first-order chi connectivity index (χ1) is 17.3. The molecule has 0 bridgehead atoms. The van der Waals surface area contributed by atoms with Crippen LogP contribution < -0.4 is 21.5 Å². The predicted molar refractivity (Wildman–Crippen MR) is 137 cm³/mol. The van der Waals surface area contributed by atoms with Crippen molar-refractivity contribution in [2.24, 2.45) is 5.10 Å². The van der Waals surface area contributed by atoms with Crippen LogP contribution in [0.4, 0.5) is 11.4 Å². The Balaban J connectivity index is 1.43. The molecule has 180 valence electrons. The van der Waals surface area contributed by atoms with Gasteiger partial charge in [-0.3, -0.25) is 19.2 Å². The number of hydrazone groups is 1. The van der Waals surface area contributed by atoms with Gasteiger partial charge in [-0.1, -0.05) is 35.9 Å². The first-order valence-corrected chi connectivity index (χ1v) is 11.0. The van der Waals surface area contributed by atoms with Crippen LogP contribution in [0.2, 0.25) is 5.02 Å². The second kappa shape index (κ2) is 10.7. The molecular weight excluding hydrogens is 484 g/mol. The van der Waals surface area contributed by atoms with E-state index in [1.54, 1.807) is 42.5 Å². The average molecular weight is 503 g/mol. The number of aryl methyl sites for hydroxylation is 1. The number of nitrogens with zero attached hydrogens (tertiary/aromatic N) is 1. The quantitative estimate of drug-likeness (QED) is 0.215. The van der Waals surface area contributed by atoms with Crippen LogP contribution in [0.25, 0.3) is 11.0 Å².